The van der Waals surface area contributed by atoms with Crippen LogP contribution in [0.3, 0.4) is 0 Å². The Morgan fingerprint density at radius 2 is 1.83 bits per heavy atom. The molecule has 7 nitrogen and oxygen atoms in total. The van der Waals surface area contributed by atoms with Crippen LogP contribution < -0.4 is 4.90 Å². The third-order valence-electron chi connectivity index (χ3n) is 4.69. The zero-order chi connectivity index (χ0) is 15.9. The summed E-state index contributed by atoms with van der Waals surface area (Å²) in [6, 6.07) is 8.59. The van der Waals surface area contributed by atoms with Gasteiger partial charge in [0.1, 0.15) is 5.52 Å². The number of rotatable bonds is 4. The monoisotopic (exact) mass is 325 g/mol. The molecule has 1 aromatic carbocycles. The highest BCUT2D eigenvalue weighted by Gasteiger charge is 2.30. The van der Waals surface area contributed by atoms with Crippen molar-refractivity contribution in [3.63, 3.8) is 0 Å². The van der Waals surface area contributed by atoms with Crippen molar-refractivity contribution in [1.82, 2.24) is 20.1 Å². The minimum absolute atomic E-state index is 0.516. The van der Waals surface area contributed by atoms with Gasteiger partial charge in [-0.15, -0.1) is 10.2 Å². The number of oxazole rings is 1. The van der Waals surface area contributed by atoms with E-state index in [0.29, 0.717) is 11.9 Å². The van der Waals surface area contributed by atoms with Crippen LogP contribution in [0.15, 0.2) is 33.1 Å². The molecule has 3 heterocycles. The lowest BCUT2D eigenvalue weighted by Gasteiger charge is -2.32. The summed E-state index contributed by atoms with van der Waals surface area (Å²) >= 11 is 0. The Morgan fingerprint density at radius 1 is 1.00 bits per heavy atom. The van der Waals surface area contributed by atoms with Gasteiger partial charge < -0.3 is 13.7 Å². The van der Waals surface area contributed by atoms with Crippen molar-refractivity contribution in [3.8, 4) is 0 Å². The summed E-state index contributed by atoms with van der Waals surface area (Å²) in [5.41, 5.74) is 1.75. The Balaban J connectivity index is 1.21. The van der Waals surface area contributed by atoms with Crippen molar-refractivity contribution in [3.05, 3.63) is 36.0 Å². The highest BCUT2D eigenvalue weighted by atomic mass is 16.4. The van der Waals surface area contributed by atoms with Crippen LogP contribution in [-0.2, 0) is 6.54 Å². The Kier molecular flexibility index (Phi) is 3.26. The second-order valence-corrected chi connectivity index (χ2v) is 6.54. The molecule has 1 aliphatic heterocycles. The fourth-order valence-corrected chi connectivity index (χ4v) is 3.11. The van der Waals surface area contributed by atoms with Crippen LogP contribution in [0.1, 0.15) is 30.5 Å². The van der Waals surface area contributed by atoms with Crippen molar-refractivity contribution in [2.45, 2.75) is 25.3 Å². The molecule has 7 heteroatoms. The van der Waals surface area contributed by atoms with Gasteiger partial charge in [-0.3, -0.25) is 4.90 Å². The first-order valence-corrected chi connectivity index (χ1v) is 8.50. The number of hydrogen-bond donors (Lipinski definition) is 0. The predicted octanol–water partition coefficient (Wildman–Crippen LogP) is 2.41. The van der Waals surface area contributed by atoms with Gasteiger partial charge in [-0.05, 0) is 25.0 Å². The number of para-hydroxylation sites is 2. The highest BCUT2D eigenvalue weighted by Crippen LogP contribution is 2.39. The first-order chi connectivity index (χ1) is 11.8. The van der Waals surface area contributed by atoms with E-state index in [-0.39, 0.29) is 0 Å². The summed E-state index contributed by atoms with van der Waals surface area (Å²) in [7, 11) is 0. The lowest BCUT2D eigenvalue weighted by atomic mass is 10.3. The number of anilines is 1. The average Bonchev–Trinajstić information content (AvgIpc) is 3.20. The minimum atomic E-state index is 0.516. The van der Waals surface area contributed by atoms with E-state index in [9.17, 15) is 0 Å². The van der Waals surface area contributed by atoms with Gasteiger partial charge >= 0.3 is 0 Å². The van der Waals surface area contributed by atoms with Crippen LogP contribution in [0.4, 0.5) is 6.01 Å². The molecule has 0 amide bonds. The molecule has 2 fully saturated rings. The van der Waals surface area contributed by atoms with Gasteiger partial charge in [-0.2, -0.15) is 4.98 Å². The van der Waals surface area contributed by atoms with Crippen LogP contribution >= 0.6 is 0 Å². The van der Waals surface area contributed by atoms with Gasteiger partial charge in [-0.25, -0.2) is 0 Å². The van der Waals surface area contributed by atoms with E-state index in [0.717, 1.165) is 55.6 Å². The average molecular weight is 325 g/mol. The summed E-state index contributed by atoms with van der Waals surface area (Å²) in [5, 5.41) is 8.33. The molecule has 0 spiro atoms. The van der Waals surface area contributed by atoms with Gasteiger partial charge in [0.2, 0.25) is 11.8 Å². The van der Waals surface area contributed by atoms with Gasteiger partial charge in [0.15, 0.2) is 5.58 Å². The maximum atomic E-state index is 5.85. The molecular weight excluding hydrogens is 306 g/mol. The maximum Gasteiger partial charge on any atom is 0.298 e. The topological polar surface area (TPSA) is 71.4 Å². The third kappa shape index (κ3) is 2.65. The smallest absolute Gasteiger partial charge is 0.298 e. The molecule has 2 aliphatic rings. The Hall–Kier alpha value is -2.41. The number of aromatic nitrogens is 3. The molecule has 124 valence electrons. The summed E-state index contributed by atoms with van der Waals surface area (Å²) in [6.45, 7) is 4.35. The zero-order valence-electron chi connectivity index (χ0n) is 13.4. The van der Waals surface area contributed by atoms with Crippen LogP contribution in [0.2, 0.25) is 0 Å². The molecule has 24 heavy (non-hydrogen) atoms. The van der Waals surface area contributed by atoms with Gasteiger partial charge in [0.25, 0.3) is 6.01 Å². The second-order valence-electron chi connectivity index (χ2n) is 6.54. The molecule has 0 bridgehead atoms. The van der Waals surface area contributed by atoms with Crippen molar-refractivity contribution < 1.29 is 8.83 Å². The van der Waals surface area contributed by atoms with E-state index in [4.69, 9.17) is 8.83 Å². The van der Waals surface area contributed by atoms with Crippen LogP contribution in [0.25, 0.3) is 11.1 Å². The number of piperazine rings is 1. The summed E-state index contributed by atoms with van der Waals surface area (Å²) in [5.74, 6) is 2.06. The van der Waals surface area contributed by atoms with Gasteiger partial charge in [-0.1, -0.05) is 12.1 Å². The van der Waals surface area contributed by atoms with Gasteiger partial charge in [0, 0.05) is 32.1 Å². The third-order valence-corrected chi connectivity index (χ3v) is 4.69. The van der Waals surface area contributed by atoms with Crippen molar-refractivity contribution in [2.75, 3.05) is 31.1 Å². The first-order valence-electron chi connectivity index (χ1n) is 8.50. The van der Waals surface area contributed by atoms with Gasteiger partial charge in [0.05, 0.1) is 6.54 Å². The predicted molar refractivity (Wildman–Crippen MR) is 87.8 cm³/mol. The van der Waals surface area contributed by atoms with Crippen molar-refractivity contribution >= 4 is 17.1 Å². The van der Waals surface area contributed by atoms with Crippen molar-refractivity contribution in [1.29, 1.82) is 0 Å². The second kappa shape index (κ2) is 5.59. The summed E-state index contributed by atoms with van der Waals surface area (Å²) in [4.78, 5) is 9.11. The number of fused-ring (bicyclic) bond motifs is 1. The Bertz CT molecular complexity index is 812. The molecule has 0 atom stereocenters. The first kappa shape index (κ1) is 14.0. The molecule has 1 aliphatic carbocycles. The fraction of sp³-hybridized carbons (Fsp3) is 0.471. The van der Waals surface area contributed by atoms with E-state index in [1.165, 1.54) is 12.8 Å². The Labute approximate surface area is 139 Å². The van der Waals surface area contributed by atoms with Crippen molar-refractivity contribution in [2.24, 2.45) is 0 Å². The molecule has 3 aromatic rings. The molecule has 2 aromatic heterocycles. The standard InChI is InChI=1S/C17H19N5O2/c1-2-4-14-13(3-1)18-17(23-14)22-9-7-21(8-10-22)11-15-19-20-16(24-15)12-5-6-12/h1-4,12H,5-11H2. The quantitative estimate of drug-likeness (QED) is 0.729. The zero-order valence-corrected chi connectivity index (χ0v) is 13.4. The van der Waals surface area contributed by atoms with E-state index < -0.39 is 0 Å². The summed E-state index contributed by atoms with van der Waals surface area (Å²) in [6.07, 6.45) is 2.37. The number of hydrogen-bond acceptors (Lipinski definition) is 7. The molecule has 1 saturated heterocycles. The minimum Gasteiger partial charge on any atom is -0.424 e. The molecule has 0 unspecified atom stereocenters. The summed E-state index contributed by atoms with van der Waals surface area (Å²) < 4.78 is 11.6. The molecule has 1 saturated carbocycles. The lowest BCUT2D eigenvalue weighted by molar-refractivity contribution is 0.221. The Morgan fingerprint density at radius 3 is 2.62 bits per heavy atom. The lowest BCUT2D eigenvalue weighted by Crippen LogP contribution is -2.46. The number of benzene rings is 1. The van der Waals surface area contributed by atoms with E-state index >= 15 is 0 Å². The van der Waals surface area contributed by atoms with Crippen LogP contribution in [-0.4, -0.2) is 46.3 Å². The van der Waals surface area contributed by atoms with E-state index in [2.05, 4.69) is 25.0 Å². The molecule has 0 radical (unpaired) electrons. The fourth-order valence-electron chi connectivity index (χ4n) is 3.11. The highest BCUT2D eigenvalue weighted by molar-refractivity contribution is 5.74. The van der Waals surface area contributed by atoms with Crippen LogP contribution in [0, 0.1) is 0 Å². The van der Waals surface area contributed by atoms with E-state index in [1.807, 2.05) is 24.3 Å². The van der Waals surface area contributed by atoms with E-state index in [1.54, 1.807) is 0 Å². The van der Waals surface area contributed by atoms with Crippen LogP contribution in [0.5, 0.6) is 0 Å². The molecular formula is C17H19N5O2. The maximum absolute atomic E-state index is 5.85. The molecule has 5 rings (SSSR count). The largest absolute Gasteiger partial charge is 0.424 e. The molecule has 0 N–H and O–H groups in total. The number of nitrogens with zero attached hydrogens (tertiary/aromatic N) is 5. The SMILES string of the molecule is c1ccc2oc(N3CCN(Cc4nnc(C5CC5)o4)CC3)nc2c1. The normalized spacial score (nSPS) is 19.2.